The second kappa shape index (κ2) is 6.83. The van der Waals surface area contributed by atoms with Crippen LogP contribution in [0.5, 0.6) is 0 Å². The predicted molar refractivity (Wildman–Crippen MR) is 105 cm³/mol. The summed E-state index contributed by atoms with van der Waals surface area (Å²) in [6.07, 6.45) is 15.7. The second-order valence-corrected chi connectivity index (χ2v) is 10.8. The monoisotopic (exact) mass is 374 g/mol. The molecule has 0 bridgehead atoms. The molecule has 0 radical (unpaired) electrons. The fourth-order valence-corrected chi connectivity index (χ4v) is 9.08. The third kappa shape index (κ3) is 2.70. The summed E-state index contributed by atoms with van der Waals surface area (Å²) in [5, 5.41) is 0. The Hall–Kier alpha value is -0.410. The number of Topliss-reactive ketones (excluding diaryl/α,β-unsaturated/α-hetero) is 1. The normalized spacial score (nSPS) is 51.9. The molecule has 0 unspecified atom stereocenters. The molecule has 0 aromatic rings. The lowest BCUT2D eigenvalue weighted by molar-refractivity contribution is -0.161. The number of fused-ring (bicyclic) bond motifs is 4. The van der Waals surface area contributed by atoms with Gasteiger partial charge >= 0.3 is 0 Å². The maximum Gasteiger partial charge on any atom is 0.146 e. The smallest absolute Gasteiger partial charge is 0.146 e. The van der Waals surface area contributed by atoms with Crippen LogP contribution in [0.25, 0.3) is 0 Å². The Morgan fingerprint density at radius 1 is 1.00 bits per heavy atom. The lowest BCUT2D eigenvalue weighted by atomic mass is 9.43. The fraction of sp³-hybridized carbons (Fsp3) is 0.958. The zero-order chi connectivity index (χ0) is 18.6. The number of hydrogen-bond donors (Lipinski definition) is 0. The molecule has 5 fully saturated rings. The third-order valence-corrected chi connectivity index (χ3v) is 10.2. The molecule has 5 aliphatic carbocycles. The predicted octanol–water partition coefficient (Wildman–Crippen LogP) is 5.37. The number of ketones is 1. The van der Waals surface area contributed by atoms with Crippen LogP contribution in [0.4, 0.5) is 0 Å². The molecule has 0 aromatic carbocycles. The zero-order valence-corrected chi connectivity index (χ0v) is 17.4. The summed E-state index contributed by atoms with van der Waals surface area (Å²) < 4.78 is 11.1. The van der Waals surface area contributed by atoms with E-state index in [0.717, 1.165) is 30.1 Å². The molecular weight excluding hydrogens is 336 g/mol. The van der Waals surface area contributed by atoms with Crippen LogP contribution in [0, 0.1) is 40.4 Å². The number of rotatable bonds is 3. The molecule has 3 nitrogen and oxygen atoms in total. The number of methoxy groups -OCH3 is 1. The Kier molecular flexibility index (Phi) is 4.71. The first-order chi connectivity index (χ1) is 13.1. The molecule has 0 aliphatic heterocycles. The molecule has 8 atom stereocenters. The number of hydrogen-bond acceptors (Lipinski definition) is 3. The number of carbonyl (C=O) groups is 1. The van der Waals surface area contributed by atoms with Crippen LogP contribution in [0.15, 0.2) is 0 Å². The highest BCUT2D eigenvalue weighted by molar-refractivity contribution is 5.83. The van der Waals surface area contributed by atoms with E-state index >= 15 is 0 Å². The summed E-state index contributed by atoms with van der Waals surface area (Å²) in [6, 6.07) is 0. The van der Waals surface area contributed by atoms with Crippen molar-refractivity contribution < 1.29 is 14.3 Å². The van der Waals surface area contributed by atoms with Gasteiger partial charge in [-0.2, -0.15) is 0 Å². The van der Waals surface area contributed by atoms with Crippen molar-refractivity contribution in [2.24, 2.45) is 40.4 Å². The van der Waals surface area contributed by atoms with Crippen LogP contribution in [0.1, 0.15) is 84.0 Å². The lowest BCUT2D eigenvalue weighted by Crippen LogP contribution is -2.55. The van der Waals surface area contributed by atoms with Gasteiger partial charge in [0, 0.05) is 19.4 Å². The van der Waals surface area contributed by atoms with Crippen LogP contribution in [0.2, 0.25) is 0 Å². The Balaban J connectivity index is 1.36. The minimum atomic E-state index is 0.404. The van der Waals surface area contributed by atoms with Crippen molar-refractivity contribution in [1.82, 2.24) is 0 Å². The molecule has 0 amide bonds. The summed E-state index contributed by atoms with van der Waals surface area (Å²) in [6.45, 7) is 3.07. The molecule has 0 saturated heterocycles. The minimum absolute atomic E-state index is 0.404. The Labute approximate surface area is 164 Å². The third-order valence-electron chi connectivity index (χ3n) is 10.2. The van der Waals surface area contributed by atoms with Crippen molar-refractivity contribution >= 4 is 5.78 Å². The van der Waals surface area contributed by atoms with Crippen molar-refractivity contribution in [1.29, 1.82) is 0 Å². The topological polar surface area (TPSA) is 35.5 Å². The average Bonchev–Trinajstić information content (AvgIpc) is 3.07. The second-order valence-electron chi connectivity index (χ2n) is 10.8. The largest absolute Gasteiger partial charge is 0.359 e. The minimum Gasteiger partial charge on any atom is -0.359 e. The first kappa shape index (κ1) is 18.6. The zero-order valence-electron chi connectivity index (χ0n) is 17.4. The van der Waals surface area contributed by atoms with Gasteiger partial charge in [-0.25, -0.2) is 0 Å². The van der Waals surface area contributed by atoms with E-state index in [1.807, 2.05) is 0 Å². The van der Waals surface area contributed by atoms with E-state index in [1.165, 1.54) is 70.6 Å². The van der Waals surface area contributed by atoms with E-state index in [4.69, 9.17) is 9.47 Å². The van der Waals surface area contributed by atoms with Crippen molar-refractivity contribution in [3.8, 4) is 0 Å². The quantitative estimate of drug-likeness (QED) is 0.623. The summed E-state index contributed by atoms with van der Waals surface area (Å²) in [5.74, 6) is 4.52. The van der Waals surface area contributed by atoms with E-state index in [1.54, 1.807) is 7.11 Å². The highest BCUT2D eigenvalue weighted by Crippen LogP contribution is 2.69. The molecule has 27 heavy (non-hydrogen) atoms. The molecule has 0 heterocycles. The first-order valence-electron chi connectivity index (χ1n) is 11.7. The summed E-state index contributed by atoms with van der Waals surface area (Å²) >= 11 is 0. The van der Waals surface area contributed by atoms with Gasteiger partial charge in [-0.15, -0.1) is 0 Å². The van der Waals surface area contributed by atoms with Gasteiger partial charge in [0.1, 0.15) is 12.6 Å². The highest BCUT2D eigenvalue weighted by Gasteiger charge is 2.63. The molecule has 1 spiro atoms. The molecular formula is C24H38O3. The molecule has 152 valence electrons. The highest BCUT2D eigenvalue weighted by atomic mass is 16.7. The fourth-order valence-electron chi connectivity index (χ4n) is 9.08. The maximum atomic E-state index is 12.7. The van der Waals surface area contributed by atoms with E-state index in [9.17, 15) is 4.79 Å². The Bertz CT molecular complexity index is 588. The van der Waals surface area contributed by atoms with Crippen LogP contribution < -0.4 is 0 Å². The van der Waals surface area contributed by atoms with Crippen LogP contribution in [-0.4, -0.2) is 25.8 Å². The van der Waals surface area contributed by atoms with Gasteiger partial charge in [-0.1, -0.05) is 6.92 Å². The van der Waals surface area contributed by atoms with Crippen LogP contribution in [0.3, 0.4) is 0 Å². The summed E-state index contributed by atoms with van der Waals surface area (Å²) in [5.41, 5.74) is 0.923. The molecule has 0 N–H and O–H groups in total. The van der Waals surface area contributed by atoms with E-state index < -0.39 is 0 Å². The Morgan fingerprint density at radius 3 is 2.74 bits per heavy atom. The van der Waals surface area contributed by atoms with Crippen LogP contribution >= 0.6 is 0 Å². The van der Waals surface area contributed by atoms with Crippen molar-refractivity contribution in [2.75, 3.05) is 13.9 Å². The average molecular weight is 375 g/mol. The van der Waals surface area contributed by atoms with E-state index in [2.05, 4.69) is 6.92 Å². The van der Waals surface area contributed by atoms with Gasteiger partial charge in [0.15, 0.2) is 0 Å². The maximum absolute atomic E-state index is 12.7. The van der Waals surface area contributed by atoms with Gasteiger partial charge in [0.25, 0.3) is 0 Å². The van der Waals surface area contributed by atoms with E-state index in [-0.39, 0.29) is 0 Å². The first-order valence-corrected chi connectivity index (χ1v) is 11.7. The molecule has 3 heteroatoms. The van der Waals surface area contributed by atoms with Crippen LogP contribution in [-0.2, 0) is 14.3 Å². The molecule has 5 saturated carbocycles. The van der Waals surface area contributed by atoms with E-state index in [0.29, 0.717) is 35.4 Å². The van der Waals surface area contributed by atoms with Gasteiger partial charge < -0.3 is 9.47 Å². The lowest BCUT2D eigenvalue weighted by Gasteiger charge is -2.62. The summed E-state index contributed by atoms with van der Waals surface area (Å²) in [4.78, 5) is 12.7. The Morgan fingerprint density at radius 2 is 1.89 bits per heavy atom. The number of carbonyl (C=O) groups excluding carboxylic acids is 1. The molecule has 5 aliphatic rings. The van der Waals surface area contributed by atoms with Crippen molar-refractivity contribution in [3.63, 3.8) is 0 Å². The van der Waals surface area contributed by atoms with Gasteiger partial charge in [-0.3, -0.25) is 4.79 Å². The van der Waals surface area contributed by atoms with Gasteiger partial charge in [0.05, 0.1) is 6.10 Å². The molecule has 0 aromatic heterocycles. The number of ether oxygens (including phenoxy) is 2. The molecule has 5 rings (SSSR count). The van der Waals surface area contributed by atoms with Crippen molar-refractivity contribution in [2.45, 2.75) is 90.1 Å². The standard InChI is InChI=1S/C24H38O3/c1-23-12-9-17(27-15-26-2)14-16(23)5-6-18-19(23)10-13-24-11-3-4-22(25)21(24)8-7-20(18)24/h16-21H,3-15H2,1-2H3/t16-,17-,18-,19+,20+,21-,23+,24+/m1/s1. The van der Waals surface area contributed by atoms with Gasteiger partial charge in [-0.05, 0) is 105 Å². The van der Waals surface area contributed by atoms with Crippen molar-refractivity contribution in [3.05, 3.63) is 0 Å². The SMILES string of the molecule is COCO[C@@H]1CC[C@@]2(C)[C@H](CC[C@@H]3[C@@H]2CC[C@]24CCCC(=O)[C@H]2CC[C@@H]34)C1. The summed E-state index contributed by atoms with van der Waals surface area (Å²) in [7, 11) is 1.72. The van der Waals surface area contributed by atoms with Gasteiger partial charge in [0.2, 0.25) is 0 Å².